The molecule has 0 saturated carbocycles. The average Bonchev–Trinajstić information content (AvgIpc) is 2.76. The third kappa shape index (κ3) is 3.39. The summed E-state index contributed by atoms with van der Waals surface area (Å²) in [4.78, 5) is 12.2. The van der Waals surface area contributed by atoms with Crippen LogP contribution in [0.3, 0.4) is 0 Å². The topological polar surface area (TPSA) is 74.6 Å². The molecule has 1 aliphatic heterocycles. The molecule has 0 bridgehead atoms. The molecule has 0 radical (unpaired) electrons. The highest BCUT2D eigenvalue weighted by Gasteiger charge is 2.35. The van der Waals surface area contributed by atoms with Crippen molar-refractivity contribution in [2.75, 3.05) is 20.3 Å². The van der Waals surface area contributed by atoms with Crippen molar-refractivity contribution < 1.29 is 17.9 Å². The Bertz CT molecular complexity index is 1220. The maximum absolute atomic E-state index is 13.3. The van der Waals surface area contributed by atoms with Crippen LogP contribution < -0.4 is 5.56 Å². The number of aromatic nitrogens is 1. The minimum absolute atomic E-state index is 0.137. The van der Waals surface area contributed by atoms with Gasteiger partial charge < -0.3 is 14.0 Å². The van der Waals surface area contributed by atoms with Crippen LogP contribution in [0.1, 0.15) is 18.4 Å². The molecule has 4 rings (SSSR count). The van der Waals surface area contributed by atoms with Crippen molar-refractivity contribution >= 4 is 20.7 Å². The standard InChI is InChI=1S/C22H23NO5S/c1-23-20-8-7-19(14-16(20)6-9-21(23)24)29(25,26)18-5-3-4-17(15-18)22(27-2)10-12-28-13-11-22/h3-9,14-15H,10-13H2,1-2H3. The molecule has 7 heteroatoms. The van der Waals surface area contributed by atoms with Crippen molar-refractivity contribution in [3.05, 3.63) is 70.5 Å². The highest BCUT2D eigenvalue weighted by atomic mass is 32.2. The number of fused-ring (bicyclic) bond motifs is 1. The first-order valence-electron chi connectivity index (χ1n) is 9.46. The minimum atomic E-state index is -3.72. The quantitative estimate of drug-likeness (QED) is 0.657. The lowest BCUT2D eigenvalue weighted by Gasteiger charge is -2.36. The zero-order valence-electron chi connectivity index (χ0n) is 16.4. The van der Waals surface area contributed by atoms with Crippen molar-refractivity contribution in [2.45, 2.75) is 28.2 Å². The predicted molar refractivity (Wildman–Crippen MR) is 110 cm³/mol. The molecule has 6 nitrogen and oxygen atoms in total. The second kappa shape index (κ2) is 7.40. The minimum Gasteiger partial charge on any atom is -0.381 e. The second-order valence-electron chi connectivity index (χ2n) is 7.29. The van der Waals surface area contributed by atoms with Gasteiger partial charge in [-0.15, -0.1) is 0 Å². The summed E-state index contributed by atoms with van der Waals surface area (Å²) in [6.07, 6.45) is 1.36. The van der Waals surface area contributed by atoms with Gasteiger partial charge in [-0.2, -0.15) is 0 Å². The van der Waals surface area contributed by atoms with Crippen LogP contribution >= 0.6 is 0 Å². The number of hydrogen-bond donors (Lipinski definition) is 0. The number of hydrogen-bond acceptors (Lipinski definition) is 5. The van der Waals surface area contributed by atoms with E-state index in [2.05, 4.69) is 0 Å². The fourth-order valence-corrected chi connectivity index (χ4v) is 5.27. The average molecular weight is 413 g/mol. The highest BCUT2D eigenvalue weighted by molar-refractivity contribution is 7.91. The molecule has 1 saturated heterocycles. The van der Waals surface area contributed by atoms with E-state index in [-0.39, 0.29) is 15.4 Å². The number of rotatable bonds is 4. The summed E-state index contributed by atoms with van der Waals surface area (Å²) in [7, 11) is -0.404. The zero-order chi connectivity index (χ0) is 20.6. The first kappa shape index (κ1) is 19.8. The molecule has 0 N–H and O–H groups in total. The number of ether oxygens (including phenoxy) is 2. The molecule has 0 spiro atoms. The molecular weight excluding hydrogens is 390 g/mol. The molecule has 0 amide bonds. The largest absolute Gasteiger partial charge is 0.381 e. The maximum atomic E-state index is 13.3. The van der Waals surface area contributed by atoms with Crippen LogP contribution in [0.25, 0.3) is 10.9 Å². The summed E-state index contributed by atoms with van der Waals surface area (Å²) < 4.78 is 39.4. The molecule has 0 atom stereocenters. The van der Waals surface area contributed by atoms with Gasteiger partial charge in [0.05, 0.1) is 20.9 Å². The molecule has 152 valence electrons. The van der Waals surface area contributed by atoms with Crippen molar-refractivity contribution in [2.24, 2.45) is 7.05 Å². The van der Waals surface area contributed by atoms with Gasteiger partial charge in [-0.05, 0) is 47.3 Å². The smallest absolute Gasteiger partial charge is 0.250 e. The van der Waals surface area contributed by atoms with Gasteiger partial charge in [0.1, 0.15) is 0 Å². The Morgan fingerprint density at radius 3 is 2.45 bits per heavy atom. The van der Waals surface area contributed by atoms with E-state index in [1.165, 1.54) is 10.6 Å². The van der Waals surface area contributed by atoms with E-state index in [1.807, 2.05) is 6.07 Å². The molecule has 3 aromatic rings. The molecule has 0 unspecified atom stereocenters. The Balaban J connectivity index is 1.79. The van der Waals surface area contributed by atoms with E-state index in [4.69, 9.17) is 9.47 Å². The first-order valence-corrected chi connectivity index (χ1v) is 10.9. The number of pyridine rings is 1. The third-order valence-corrected chi connectivity index (χ3v) is 7.52. The number of nitrogens with zero attached hydrogens (tertiary/aromatic N) is 1. The van der Waals surface area contributed by atoms with Crippen LogP contribution in [0.2, 0.25) is 0 Å². The van der Waals surface area contributed by atoms with E-state index >= 15 is 0 Å². The number of methoxy groups -OCH3 is 1. The fourth-order valence-electron chi connectivity index (χ4n) is 3.92. The Morgan fingerprint density at radius 2 is 1.72 bits per heavy atom. The van der Waals surface area contributed by atoms with Crippen molar-refractivity contribution in [1.29, 1.82) is 0 Å². The van der Waals surface area contributed by atoms with Gasteiger partial charge in [0, 0.05) is 46.3 Å². The Labute approximate surface area is 169 Å². The van der Waals surface area contributed by atoms with E-state index < -0.39 is 15.4 Å². The van der Waals surface area contributed by atoms with Gasteiger partial charge in [-0.3, -0.25) is 4.79 Å². The maximum Gasteiger partial charge on any atom is 0.250 e. The summed E-state index contributed by atoms with van der Waals surface area (Å²) >= 11 is 0. The summed E-state index contributed by atoms with van der Waals surface area (Å²) in [6.45, 7) is 1.16. The molecule has 2 heterocycles. The van der Waals surface area contributed by atoms with E-state index in [0.29, 0.717) is 37.0 Å². The fraction of sp³-hybridized carbons (Fsp3) is 0.318. The molecule has 2 aromatic carbocycles. The Morgan fingerprint density at radius 1 is 1.00 bits per heavy atom. The molecule has 1 aromatic heterocycles. The Kier molecular flexibility index (Phi) is 5.06. The van der Waals surface area contributed by atoms with Crippen molar-refractivity contribution in [3.63, 3.8) is 0 Å². The van der Waals surface area contributed by atoms with Gasteiger partial charge >= 0.3 is 0 Å². The van der Waals surface area contributed by atoms with Crippen LogP contribution in [0.4, 0.5) is 0 Å². The number of benzene rings is 2. The molecule has 0 aliphatic carbocycles. The van der Waals surface area contributed by atoms with Crippen LogP contribution in [0, 0.1) is 0 Å². The first-order chi connectivity index (χ1) is 13.9. The molecular formula is C22H23NO5S. The highest BCUT2D eigenvalue weighted by Crippen LogP contribution is 2.37. The summed E-state index contributed by atoms with van der Waals surface area (Å²) in [5.41, 5.74) is 0.853. The number of aryl methyl sites for hydroxylation is 1. The lowest BCUT2D eigenvalue weighted by molar-refractivity contribution is -0.0948. The second-order valence-corrected chi connectivity index (χ2v) is 9.24. The Hall–Kier alpha value is -2.48. The summed E-state index contributed by atoms with van der Waals surface area (Å²) in [5, 5.41) is 0.696. The van der Waals surface area contributed by atoms with Gasteiger partial charge in [-0.1, -0.05) is 12.1 Å². The molecule has 1 aliphatic rings. The zero-order valence-corrected chi connectivity index (χ0v) is 17.2. The summed E-state index contributed by atoms with van der Waals surface area (Å²) in [5.74, 6) is 0. The van der Waals surface area contributed by atoms with Crippen LogP contribution in [-0.4, -0.2) is 33.3 Å². The third-order valence-electron chi connectivity index (χ3n) is 5.77. The normalized spacial score (nSPS) is 16.8. The summed E-state index contributed by atoms with van der Waals surface area (Å²) in [6, 6.07) is 14.9. The van der Waals surface area contributed by atoms with Gasteiger partial charge in [0.15, 0.2) is 0 Å². The monoisotopic (exact) mass is 413 g/mol. The van der Waals surface area contributed by atoms with E-state index in [0.717, 1.165) is 5.56 Å². The predicted octanol–water partition coefficient (Wildman–Crippen LogP) is 3.02. The molecule has 29 heavy (non-hydrogen) atoms. The lowest BCUT2D eigenvalue weighted by atomic mass is 9.86. The van der Waals surface area contributed by atoms with Gasteiger partial charge in [0.25, 0.3) is 5.56 Å². The van der Waals surface area contributed by atoms with Crippen molar-refractivity contribution in [3.8, 4) is 0 Å². The van der Waals surface area contributed by atoms with Crippen LogP contribution in [-0.2, 0) is 32.0 Å². The molecule has 1 fully saturated rings. The van der Waals surface area contributed by atoms with Crippen LogP contribution in [0.15, 0.2) is 69.2 Å². The van der Waals surface area contributed by atoms with E-state index in [9.17, 15) is 13.2 Å². The lowest BCUT2D eigenvalue weighted by Crippen LogP contribution is -2.35. The van der Waals surface area contributed by atoms with Gasteiger partial charge in [-0.25, -0.2) is 8.42 Å². The number of sulfone groups is 1. The van der Waals surface area contributed by atoms with E-state index in [1.54, 1.807) is 56.6 Å². The van der Waals surface area contributed by atoms with Crippen LogP contribution in [0.5, 0.6) is 0 Å². The SMILES string of the molecule is COC1(c2cccc(S(=O)(=O)c3ccc4c(ccc(=O)n4C)c3)c2)CCOCC1. The van der Waals surface area contributed by atoms with Crippen molar-refractivity contribution in [1.82, 2.24) is 4.57 Å². The van der Waals surface area contributed by atoms with Gasteiger partial charge in [0.2, 0.25) is 9.84 Å².